The summed E-state index contributed by atoms with van der Waals surface area (Å²) in [6.07, 6.45) is -2.24. The van der Waals surface area contributed by atoms with Crippen LogP contribution in [-0.2, 0) is 4.43 Å². The summed E-state index contributed by atoms with van der Waals surface area (Å²) < 4.78 is 73.0. The van der Waals surface area contributed by atoms with E-state index < -0.39 is 50.8 Å². The minimum absolute atomic E-state index is 0.691. The minimum atomic E-state index is -4.32. The number of hydrogen-bond acceptors (Lipinski definition) is 4. The molecule has 11 heteroatoms. The quantitative estimate of drug-likeness (QED) is 0.292. The van der Waals surface area contributed by atoms with Crippen LogP contribution in [0.1, 0.15) is 0 Å². The second kappa shape index (κ2) is 6.63. The van der Waals surface area contributed by atoms with Crippen molar-refractivity contribution in [2.45, 2.75) is 5.67 Å². The second-order valence-corrected chi connectivity index (χ2v) is 4.89. The van der Waals surface area contributed by atoms with Crippen LogP contribution in [-0.4, -0.2) is 38.5 Å². The van der Waals surface area contributed by atoms with Crippen molar-refractivity contribution in [3.8, 4) is 5.75 Å². The number of amides is 1. The highest BCUT2D eigenvalue weighted by molar-refractivity contribution is 6.31. The highest BCUT2D eigenvalue weighted by Gasteiger charge is 2.44. The molecule has 0 aliphatic rings. The summed E-state index contributed by atoms with van der Waals surface area (Å²) in [5, 5.41) is 6.58. The predicted molar refractivity (Wildman–Crippen MR) is 57.0 cm³/mol. The molecule has 5 nitrogen and oxygen atoms in total. The Morgan fingerprint density at radius 3 is 2.65 bits per heavy atom. The molecule has 0 spiro atoms. The Balaban J connectivity index is 2.77. The van der Waals surface area contributed by atoms with Gasteiger partial charge in [-0.3, -0.25) is 0 Å². The van der Waals surface area contributed by atoms with Gasteiger partial charge >= 0.3 is 11.8 Å². The zero-order valence-electron chi connectivity index (χ0n) is 9.66. The molecule has 0 saturated carbocycles. The van der Waals surface area contributed by atoms with Gasteiger partial charge in [-0.25, -0.2) is 9.18 Å². The fraction of sp³-hybridized carbons (Fsp3) is 0.222. The van der Waals surface area contributed by atoms with Crippen molar-refractivity contribution < 1.29 is 41.1 Å². The topological polar surface area (TPSA) is 59.0 Å². The first kappa shape index (κ1) is 16.3. The third kappa shape index (κ3) is 3.88. The van der Waals surface area contributed by atoms with Crippen LogP contribution in [0.3, 0.4) is 0 Å². The van der Waals surface area contributed by atoms with Crippen molar-refractivity contribution in [1.82, 2.24) is 5.12 Å². The number of carbonyl (C=O) groups excluding carboxylic acids is 1. The summed E-state index contributed by atoms with van der Waals surface area (Å²) in [5.74, 6) is -4.06. The highest BCUT2D eigenvalue weighted by Crippen LogP contribution is 2.24. The maximum atomic E-state index is 13.1. The zero-order valence-corrected chi connectivity index (χ0v) is 11.1. The Hall–Kier alpha value is -1.72. The number of aliphatic hydroxyl groups is 1. The van der Waals surface area contributed by atoms with Gasteiger partial charge in [0.1, 0.15) is 6.79 Å². The smallest absolute Gasteiger partial charge is 0.405 e. The fourth-order valence-electron chi connectivity index (χ4n) is 1.06. The van der Waals surface area contributed by atoms with Crippen LogP contribution in [0.2, 0.25) is 0 Å². The first-order chi connectivity index (χ1) is 9.29. The summed E-state index contributed by atoms with van der Waals surface area (Å²) in [5.41, 5.74) is -4.32. The lowest BCUT2D eigenvalue weighted by molar-refractivity contribution is -0.161. The summed E-state index contributed by atoms with van der Waals surface area (Å²) in [6.45, 7) is -1.07. The van der Waals surface area contributed by atoms with E-state index in [1.54, 1.807) is 0 Å². The number of benzene rings is 1. The van der Waals surface area contributed by atoms with Crippen molar-refractivity contribution in [2.75, 3.05) is 6.79 Å². The van der Waals surface area contributed by atoms with Crippen LogP contribution in [0.15, 0.2) is 18.2 Å². The summed E-state index contributed by atoms with van der Waals surface area (Å²) >= 11 is 0. The Morgan fingerprint density at radius 2 is 2.05 bits per heavy atom. The molecule has 0 atom stereocenters. The highest BCUT2D eigenvalue weighted by atomic mass is 28.2. The molecular weight excluding hydrogens is 309 g/mol. The van der Waals surface area contributed by atoms with E-state index in [2.05, 4.69) is 9.16 Å². The number of halogens is 5. The monoisotopic (exact) mass is 317 g/mol. The van der Waals surface area contributed by atoms with Gasteiger partial charge in [0.15, 0.2) is 11.6 Å². The average Bonchev–Trinajstić information content (AvgIpc) is 2.40. The summed E-state index contributed by atoms with van der Waals surface area (Å²) in [6, 6.07) is 2.38. The van der Waals surface area contributed by atoms with E-state index >= 15 is 0 Å². The lowest BCUT2D eigenvalue weighted by atomic mass is 10.3. The third-order valence-electron chi connectivity index (χ3n) is 1.93. The SMILES string of the molecule is O=C(Oc1cccc(F)c1F)N(F)C(F)(F)[SiH2]OCO. The number of ether oxygens (including phenoxy) is 1. The zero-order chi connectivity index (χ0) is 15.3. The van der Waals surface area contributed by atoms with Gasteiger partial charge in [0.25, 0.3) is 9.76 Å². The molecule has 0 saturated heterocycles. The molecule has 0 fully saturated rings. The second-order valence-electron chi connectivity index (χ2n) is 3.34. The normalized spacial score (nSPS) is 11.9. The van der Waals surface area contributed by atoms with E-state index in [-0.39, 0.29) is 0 Å². The first-order valence-electron chi connectivity index (χ1n) is 4.98. The van der Waals surface area contributed by atoms with E-state index in [1.165, 1.54) is 0 Å². The Bertz CT molecular complexity index is 489. The molecule has 0 aromatic heterocycles. The van der Waals surface area contributed by atoms with Crippen molar-refractivity contribution in [1.29, 1.82) is 0 Å². The molecule has 0 aliphatic heterocycles. The summed E-state index contributed by atoms with van der Waals surface area (Å²) in [7, 11) is -2.96. The molecule has 112 valence electrons. The largest absolute Gasteiger partial charge is 0.448 e. The molecule has 20 heavy (non-hydrogen) atoms. The Labute approximate surface area is 111 Å². The number of rotatable bonds is 5. The minimum Gasteiger partial charge on any atom is -0.405 e. The number of alkyl halides is 2. The molecule has 0 radical (unpaired) electrons. The molecular formula is C9H8F5NO4Si. The van der Waals surface area contributed by atoms with Gasteiger partial charge in [-0.15, -0.1) is 0 Å². The molecule has 0 heterocycles. The van der Waals surface area contributed by atoms with Gasteiger partial charge in [-0.05, 0) is 12.1 Å². The first-order valence-corrected chi connectivity index (χ1v) is 6.26. The van der Waals surface area contributed by atoms with Crippen LogP contribution >= 0.6 is 0 Å². The molecule has 1 aromatic rings. The molecule has 1 N–H and O–H groups in total. The van der Waals surface area contributed by atoms with Gasteiger partial charge in [-0.2, -0.15) is 13.2 Å². The molecule has 0 bridgehead atoms. The van der Waals surface area contributed by atoms with Gasteiger partial charge in [0.05, 0.1) is 0 Å². The van der Waals surface area contributed by atoms with Crippen LogP contribution < -0.4 is 4.74 Å². The predicted octanol–water partition coefficient (Wildman–Crippen LogP) is 1.25. The fourth-order valence-corrected chi connectivity index (χ4v) is 1.63. The lowest BCUT2D eigenvalue weighted by Gasteiger charge is -2.21. The van der Waals surface area contributed by atoms with Crippen molar-refractivity contribution in [3.63, 3.8) is 0 Å². The maximum Gasteiger partial charge on any atom is 0.448 e. The van der Waals surface area contributed by atoms with Gasteiger partial charge in [0, 0.05) is 0 Å². The molecule has 1 aromatic carbocycles. The average molecular weight is 317 g/mol. The van der Waals surface area contributed by atoms with Crippen molar-refractivity contribution >= 4 is 15.9 Å². The Morgan fingerprint density at radius 1 is 1.40 bits per heavy atom. The van der Waals surface area contributed by atoms with E-state index in [0.717, 1.165) is 12.1 Å². The van der Waals surface area contributed by atoms with Crippen molar-refractivity contribution in [3.05, 3.63) is 29.8 Å². The maximum absolute atomic E-state index is 13.1. The Kier molecular flexibility index (Phi) is 5.41. The van der Waals surface area contributed by atoms with Crippen molar-refractivity contribution in [2.24, 2.45) is 0 Å². The molecule has 0 aliphatic carbocycles. The third-order valence-corrected chi connectivity index (χ3v) is 2.94. The molecule has 1 amide bonds. The number of aliphatic hydroxyl groups excluding tert-OH is 1. The van der Waals surface area contributed by atoms with Crippen LogP contribution in [0.5, 0.6) is 5.75 Å². The van der Waals surface area contributed by atoms with E-state index in [1.807, 2.05) is 0 Å². The van der Waals surface area contributed by atoms with Gasteiger partial charge in [-0.1, -0.05) is 15.7 Å². The lowest BCUT2D eigenvalue weighted by Crippen LogP contribution is -2.46. The standard InChI is InChI=1S/C9H8F5NO4Si/c10-5-2-1-3-6(7(5)11)19-8(17)15(14)9(12,13)20-18-4-16/h1-3,16H,4,20H2. The number of carbonyl (C=O) groups is 1. The van der Waals surface area contributed by atoms with Crippen LogP contribution in [0.4, 0.5) is 26.8 Å². The number of nitrogens with zero attached hydrogens (tertiary/aromatic N) is 1. The van der Waals surface area contributed by atoms with Crippen LogP contribution in [0, 0.1) is 11.6 Å². The van der Waals surface area contributed by atoms with E-state index in [9.17, 15) is 26.8 Å². The van der Waals surface area contributed by atoms with E-state index in [0.29, 0.717) is 6.07 Å². The van der Waals surface area contributed by atoms with Gasteiger partial charge in [0.2, 0.25) is 5.82 Å². The van der Waals surface area contributed by atoms with Crippen LogP contribution in [0.25, 0.3) is 0 Å². The molecule has 1 rings (SSSR count). The van der Waals surface area contributed by atoms with Gasteiger partial charge < -0.3 is 14.3 Å². The molecule has 0 unspecified atom stereocenters. The summed E-state index contributed by atoms with van der Waals surface area (Å²) in [4.78, 5) is 11.0. The van der Waals surface area contributed by atoms with E-state index in [4.69, 9.17) is 5.11 Å². The number of hydrogen-bond donors (Lipinski definition) is 1.